The molecule has 6 aromatic carbocycles. The van der Waals surface area contributed by atoms with Crippen molar-refractivity contribution in [2.75, 3.05) is 112 Å². The number of hydrogen-bond donors (Lipinski definition) is 9. The van der Waals surface area contributed by atoms with Gasteiger partial charge in [-0.1, -0.05) is 189 Å². The number of fused-ring (bicyclic) bond motifs is 2. The molecule has 742 valence electrons. The number of benzene rings is 6. The number of β-amino-alcohol motifs (C(OH)–C–C–N with tert-alkyl or cyclic N) is 2. The average Bonchev–Trinajstić information content (AvgIpc) is 1.60. The summed E-state index contributed by atoms with van der Waals surface area (Å²) in [6.07, 6.45) is 6.60. The predicted octanol–water partition coefficient (Wildman–Crippen LogP) is 16.6. The van der Waals surface area contributed by atoms with E-state index in [1.54, 1.807) is 40.3 Å². The third-order valence-corrected chi connectivity index (χ3v) is 27.8. The van der Waals surface area contributed by atoms with Crippen LogP contribution in [0.1, 0.15) is 180 Å². The van der Waals surface area contributed by atoms with Crippen molar-refractivity contribution in [2.24, 2.45) is 22.7 Å². The first-order valence-corrected chi connectivity index (χ1v) is 49.5. The van der Waals surface area contributed by atoms with Crippen molar-refractivity contribution >= 4 is 104 Å². The number of nitrogens with zero attached hydrogens (tertiary/aromatic N) is 4. The number of aliphatic hydroxyl groups is 3. The van der Waals surface area contributed by atoms with Crippen LogP contribution < -0.4 is 16.1 Å². The maximum atomic E-state index is 14.2. The lowest BCUT2D eigenvalue weighted by atomic mass is 9.76. The lowest BCUT2D eigenvalue weighted by Crippen LogP contribution is -2.50. The Kier molecular flexibility index (Phi) is 42.4. The highest BCUT2D eigenvalue weighted by Gasteiger charge is 2.47. The van der Waals surface area contributed by atoms with Gasteiger partial charge in [-0.15, -0.1) is 22.7 Å². The Balaban J connectivity index is 0.000000283. The van der Waals surface area contributed by atoms with Crippen LogP contribution in [-0.2, 0) is 88.0 Å². The molecule has 0 aliphatic carbocycles. The molecule has 2 saturated heterocycles. The number of thiophene rings is 2. The Morgan fingerprint density at radius 2 is 0.855 bits per heavy atom. The van der Waals surface area contributed by atoms with Crippen molar-refractivity contribution in [2.45, 2.75) is 191 Å². The van der Waals surface area contributed by atoms with Crippen LogP contribution in [0.3, 0.4) is 0 Å². The van der Waals surface area contributed by atoms with Gasteiger partial charge in [0, 0.05) is 152 Å². The lowest BCUT2D eigenvalue weighted by Gasteiger charge is -2.35. The van der Waals surface area contributed by atoms with Gasteiger partial charge >= 0.3 is 0 Å². The molecular weight excluding hydrogens is 1780 g/mol. The summed E-state index contributed by atoms with van der Waals surface area (Å²) < 4.78 is 29.3. The third kappa shape index (κ3) is 32.4. The quantitative estimate of drug-likeness (QED) is 0.00740. The van der Waals surface area contributed by atoms with Crippen molar-refractivity contribution in [1.82, 2.24) is 45.7 Å². The van der Waals surface area contributed by atoms with Crippen LogP contribution in [0.4, 0.5) is 0 Å². The van der Waals surface area contributed by atoms with E-state index < -0.39 is 59.5 Å². The highest BCUT2D eigenvalue weighted by molar-refractivity contribution is 7.14. The fourth-order valence-electron chi connectivity index (χ4n) is 17.6. The number of carbonyl (C=O) groups excluding carboxylic acids is 8. The molecule has 10 aromatic rings. The van der Waals surface area contributed by atoms with Gasteiger partial charge in [-0.05, 0) is 179 Å². The summed E-state index contributed by atoms with van der Waals surface area (Å²) in [5, 5.41) is 51.9. The summed E-state index contributed by atoms with van der Waals surface area (Å²) in [5.41, 5.74) is 18.2. The van der Waals surface area contributed by atoms with Gasteiger partial charge in [0.05, 0.1) is 90.4 Å². The Labute approximate surface area is 821 Å². The second-order valence-corrected chi connectivity index (χ2v) is 39.9. The van der Waals surface area contributed by atoms with E-state index in [0.29, 0.717) is 72.5 Å². The number of likely N-dealkylation sites (tertiary alicyclic amines) is 2. The standard InChI is InChI=1S/C56H72N4O9S.C53H67N5O8S.CH4/c1-38-23-32-70-53(38)44-18-16-43(17-19-44)39(2)58-54(65)52-34-47(64)36-60(52)55(66)50(56(4,5)6)33-45(62)22-26-67-28-30-69-31-29-68-27-25-59(24-21-48-40(3)57-51-10-8-7-9-49(48)51)35-42-13-11-41(12-14-42)15-20-46(63)37-61;1-35-23-30-67-50(35)41-18-16-40(17-19-41)36(2)55-51(62)48-32-43(60)34-58(48)52(63)46(53(4,5)6)31-42(59)22-26-65-28-29-66-27-25-57(24-21-44-37(3)54-47-10-8-7-9-45(44)47)33-39-13-11-38(12-14-39)15-20-49(61)56-64;/h7-20,23,32,39,47,50,52,57,61,64H,21-22,24-31,33-37H2,1-6H3,(H,58,65);7-20,23,30,36,43,46,48,54,60,64H,21-22,24-29,31-34H2,1-6H3,(H,55,62)(H,56,61);1H4/b2*20-15+;/t39-,47+,50+,52+;36-,43+,46+,48+;/m00./s1. The number of nitrogens with one attached hydrogen (secondary N) is 5. The monoisotopic (exact) mass is 1930 g/mol. The summed E-state index contributed by atoms with van der Waals surface area (Å²) in [6.45, 7) is 31.3. The largest absolute Gasteiger partial charge is 0.391 e. The van der Waals surface area contributed by atoms with Gasteiger partial charge in [0.1, 0.15) is 30.3 Å². The first-order valence-electron chi connectivity index (χ1n) is 47.7. The maximum absolute atomic E-state index is 14.2. The van der Waals surface area contributed by atoms with Crippen LogP contribution in [0.25, 0.3) is 54.8 Å². The Morgan fingerprint density at radius 1 is 0.486 bits per heavy atom. The van der Waals surface area contributed by atoms with E-state index in [1.165, 1.54) is 70.4 Å². The van der Waals surface area contributed by atoms with Crippen molar-refractivity contribution < 1.29 is 82.6 Å². The molecule has 28 heteroatoms. The smallest absolute Gasteiger partial charge is 0.267 e. The Morgan fingerprint density at radius 3 is 1.22 bits per heavy atom. The molecule has 12 rings (SSSR count). The molecule has 2 aliphatic heterocycles. The van der Waals surface area contributed by atoms with E-state index in [0.717, 1.165) is 93.7 Å². The number of amides is 5. The molecule has 0 unspecified atom stereocenters. The number of hydrogen-bond acceptors (Lipinski definition) is 21. The van der Waals surface area contributed by atoms with Crippen molar-refractivity contribution in [3.05, 3.63) is 248 Å². The highest BCUT2D eigenvalue weighted by atomic mass is 32.1. The number of ketones is 3. The number of aliphatic hydroxyl groups excluding tert-OH is 3. The van der Waals surface area contributed by atoms with Crippen LogP contribution in [-0.4, -0.2) is 233 Å². The van der Waals surface area contributed by atoms with E-state index in [4.69, 9.17) is 34.0 Å². The van der Waals surface area contributed by atoms with Gasteiger partial charge in [0.2, 0.25) is 23.6 Å². The van der Waals surface area contributed by atoms with Crippen LogP contribution in [0.5, 0.6) is 0 Å². The molecule has 0 spiro atoms. The molecule has 0 bridgehead atoms. The SMILES string of the molecule is C.Cc1ccsc1-c1ccc([C@H](C)NC(=O)[C@H]2C[C@@H](O)CN2C(=O)[C@@H](CC(=O)CCOCCOCCN(CCc2c(C)[nH]c3ccccc23)Cc2ccc(/C=C/C(=O)NO)cc2)C(C)(C)C)cc1.Cc1ccsc1-c1ccc([C@H](C)NC(=O)[C@H]2C[C@@H](O)CN2C(=O)[C@@H](CC(=O)CCOCCOCCOCCN(CCc2c(C)[nH]c3ccccc23)Cc2ccc(/C=C/C(=O)CO)cc2)C(C)(C)C)cc1. The second-order valence-electron chi connectivity index (χ2n) is 38.1. The number of aromatic amines is 2. The Hall–Kier alpha value is -10.8. The van der Waals surface area contributed by atoms with E-state index in [-0.39, 0.29) is 125 Å². The fraction of sp³-hybridized carbons (Fsp3) is 0.455. The maximum Gasteiger partial charge on any atom is 0.267 e. The molecule has 8 atom stereocenters. The number of para-hydroxylation sites is 2. The highest BCUT2D eigenvalue weighted by Crippen LogP contribution is 2.38. The predicted molar refractivity (Wildman–Crippen MR) is 547 cm³/mol. The number of H-pyrrole nitrogens is 2. The van der Waals surface area contributed by atoms with Crippen molar-refractivity contribution in [1.29, 1.82) is 0 Å². The van der Waals surface area contributed by atoms with Gasteiger partial charge < -0.3 is 69.4 Å². The normalized spacial score (nSPS) is 16.0. The number of carbonyl (C=O) groups is 8. The van der Waals surface area contributed by atoms with Crippen molar-refractivity contribution in [3.63, 3.8) is 0 Å². The number of aromatic nitrogens is 2. The van der Waals surface area contributed by atoms with Crippen molar-refractivity contribution in [3.8, 4) is 20.9 Å². The van der Waals surface area contributed by atoms with E-state index in [2.05, 4.69) is 154 Å². The summed E-state index contributed by atoms with van der Waals surface area (Å²) in [6, 6.07) is 50.8. The minimum absolute atomic E-state index is 0. The number of Topliss-reactive ketones (excluding diaryl/α,β-unsaturated/α-hetero) is 2. The second kappa shape index (κ2) is 53.6. The van der Waals surface area contributed by atoms with Crippen LogP contribution in [0.2, 0.25) is 0 Å². The zero-order chi connectivity index (χ0) is 98.3. The van der Waals surface area contributed by atoms with Gasteiger partial charge in [-0.2, -0.15) is 0 Å². The van der Waals surface area contributed by atoms with Gasteiger partial charge in [0.15, 0.2) is 5.78 Å². The van der Waals surface area contributed by atoms with Gasteiger partial charge in [0.25, 0.3) is 5.91 Å². The van der Waals surface area contributed by atoms with Crippen LogP contribution >= 0.6 is 22.7 Å². The topological polar surface area (TPSA) is 344 Å². The van der Waals surface area contributed by atoms with E-state index in [9.17, 15) is 48.6 Å². The molecule has 5 amide bonds. The zero-order valence-corrected chi connectivity index (χ0v) is 83.0. The lowest BCUT2D eigenvalue weighted by molar-refractivity contribution is -0.146. The van der Waals surface area contributed by atoms with E-state index >= 15 is 0 Å². The number of hydroxylamine groups is 1. The molecule has 9 N–H and O–H groups in total. The summed E-state index contributed by atoms with van der Waals surface area (Å²) in [4.78, 5) is 122. The zero-order valence-electron chi connectivity index (χ0n) is 81.4. The number of rotatable bonds is 50. The molecule has 4 aromatic heterocycles. The minimum atomic E-state index is -0.846. The van der Waals surface area contributed by atoms with Gasteiger partial charge in [-0.3, -0.25) is 53.4 Å². The van der Waals surface area contributed by atoms with Crippen LogP contribution in [0, 0.1) is 50.4 Å². The average molecular weight is 1930 g/mol. The summed E-state index contributed by atoms with van der Waals surface area (Å²) in [7, 11) is 0. The minimum Gasteiger partial charge on any atom is -0.391 e. The molecule has 138 heavy (non-hydrogen) atoms. The van der Waals surface area contributed by atoms with Gasteiger partial charge in [-0.25, -0.2) is 5.48 Å². The molecule has 2 aliphatic rings. The third-order valence-electron chi connectivity index (χ3n) is 25.7. The molecule has 6 heterocycles. The molecule has 2 fully saturated rings. The number of aryl methyl sites for hydroxylation is 4. The molecule has 0 saturated carbocycles. The molecule has 26 nitrogen and oxygen atoms in total. The van der Waals surface area contributed by atoms with Crippen LogP contribution in [0.15, 0.2) is 181 Å². The molecular formula is C110H143N9O17S2. The summed E-state index contributed by atoms with van der Waals surface area (Å²) >= 11 is 3.38. The van der Waals surface area contributed by atoms with E-state index in [1.807, 2.05) is 128 Å². The summed E-state index contributed by atoms with van der Waals surface area (Å²) in [5.74, 6) is -3.78. The fourth-order valence-corrected chi connectivity index (χ4v) is 19.5. The molecule has 0 radical (unpaired) electrons. The number of ether oxygens (including phenoxy) is 5. The Bertz CT molecular complexity index is 5650. The first kappa shape index (κ1) is 109. The first-order chi connectivity index (χ1) is 65.7.